The van der Waals surface area contributed by atoms with E-state index >= 15 is 0 Å². The highest BCUT2D eigenvalue weighted by molar-refractivity contribution is 5.79. The van der Waals surface area contributed by atoms with Crippen LogP contribution in [0.3, 0.4) is 0 Å². The highest BCUT2D eigenvalue weighted by Crippen LogP contribution is 2.22. The average Bonchev–Trinajstić information content (AvgIpc) is 2.80. The molecule has 0 fully saturated rings. The molecule has 0 saturated carbocycles. The number of alkyl halides is 2. The predicted octanol–water partition coefficient (Wildman–Crippen LogP) is 1.62. The molecule has 5 nitrogen and oxygen atoms in total. The third-order valence-electron chi connectivity index (χ3n) is 2.58. The van der Waals surface area contributed by atoms with Crippen LogP contribution in [0.15, 0.2) is 21.5 Å². The number of hydrogen-bond acceptors (Lipinski definition) is 3. The number of nitrogens with zero attached hydrogens (tertiary/aromatic N) is 1. The minimum Gasteiger partial charge on any atom is -0.463 e. The molecule has 7 heteroatoms. The first-order valence-corrected chi connectivity index (χ1v) is 6.44. The Bertz CT molecular complexity index is 445. The monoisotopic (exact) mass is 289 g/mol. The third-order valence-corrected chi connectivity index (χ3v) is 2.58. The molecule has 1 heterocycles. The lowest BCUT2D eigenvalue weighted by Gasteiger charge is -2.19. The van der Waals surface area contributed by atoms with Crippen LogP contribution in [-0.4, -0.2) is 37.1 Å². The number of nitrogens with one attached hydrogen (secondary N) is 2. The normalized spacial score (nSPS) is 15.2. The second-order valence-electron chi connectivity index (χ2n) is 4.65. The minimum absolute atomic E-state index is 0.00146. The molecular formula is C13H21F2N3O2. The van der Waals surface area contributed by atoms with Gasteiger partial charge in [-0.15, -0.1) is 0 Å². The van der Waals surface area contributed by atoms with E-state index in [1.54, 1.807) is 26.0 Å². The van der Waals surface area contributed by atoms with E-state index in [0.717, 1.165) is 0 Å². The van der Waals surface area contributed by atoms with Crippen molar-refractivity contribution in [1.82, 2.24) is 10.6 Å². The van der Waals surface area contributed by atoms with Gasteiger partial charge in [-0.05, 0) is 32.9 Å². The SMILES string of the molecule is CCNC(=NCC(C)(O)c1ccc(C)o1)NCC(F)F. The highest BCUT2D eigenvalue weighted by Gasteiger charge is 2.26. The molecule has 0 aliphatic carbocycles. The Hall–Kier alpha value is -1.63. The molecule has 0 aliphatic rings. The lowest BCUT2D eigenvalue weighted by Crippen LogP contribution is -2.40. The lowest BCUT2D eigenvalue weighted by atomic mass is 10.0. The maximum absolute atomic E-state index is 12.2. The van der Waals surface area contributed by atoms with Crippen molar-refractivity contribution in [2.24, 2.45) is 4.99 Å². The zero-order valence-corrected chi connectivity index (χ0v) is 11.9. The fourth-order valence-electron chi connectivity index (χ4n) is 1.55. The molecule has 1 unspecified atom stereocenters. The highest BCUT2D eigenvalue weighted by atomic mass is 19.3. The first-order valence-electron chi connectivity index (χ1n) is 6.44. The fourth-order valence-corrected chi connectivity index (χ4v) is 1.55. The van der Waals surface area contributed by atoms with E-state index in [2.05, 4.69) is 15.6 Å². The molecule has 0 radical (unpaired) electrons. The number of aliphatic hydroxyl groups is 1. The molecule has 114 valence electrons. The van der Waals surface area contributed by atoms with Crippen molar-refractivity contribution in [3.63, 3.8) is 0 Å². The van der Waals surface area contributed by atoms with Crippen LogP contribution in [0.4, 0.5) is 8.78 Å². The largest absolute Gasteiger partial charge is 0.463 e. The third kappa shape index (κ3) is 5.16. The van der Waals surface area contributed by atoms with Crippen molar-refractivity contribution in [2.75, 3.05) is 19.6 Å². The van der Waals surface area contributed by atoms with E-state index in [-0.39, 0.29) is 12.5 Å². The molecule has 0 amide bonds. The molecular weight excluding hydrogens is 268 g/mol. The summed E-state index contributed by atoms with van der Waals surface area (Å²) in [5, 5.41) is 15.6. The zero-order chi connectivity index (χ0) is 15.2. The summed E-state index contributed by atoms with van der Waals surface area (Å²) in [6.45, 7) is 5.21. The minimum atomic E-state index is -2.47. The first-order chi connectivity index (χ1) is 9.35. The van der Waals surface area contributed by atoms with E-state index in [4.69, 9.17) is 4.42 Å². The number of aliphatic imine (C=N–C) groups is 1. The Labute approximate surface area is 117 Å². The van der Waals surface area contributed by atoms with Crippen molar-refractivity contribution in [1.29, 1.82) is 0 Å². The summed E-state index contributed by atoms with van der Waals surface area (Å²) in [4.78, 5) is 4.09. The topological polar surface area (TPSA) is 69.8 Å². The van der Waals surface area contributed by atoms with Crippen LogP contribution in [0.1, 0.15) is 25.4 Å². The molecule has 1 atom stereocenters. The molecule has 3 N–H and O–H groups in total. The van der Waals surface area contributed by atoms with Crippen LogP contribution in [0.2, 0.25) is 0 Å². The molecule has 20 heavy (non-hydrogen) atoms. The van der Waals surface area contributed by atoms with E-state index < -0.39 is 18.6 Å². The summed E-state index contributed by atoms with van der Waals surface area (Å²) in [5.74, 6) is 1.31. The van der Waals surface area contributed by atoms with E-state index in [9.17, 15) is 13.9 Å². The van der Waals surface area contributed by atoms with Crippen LogP contribution in [0, 0.1) is 6.92 Å². The van der Waals surface area contributed by atoms with Crippen molar-refractivity contribution >= 4 is 5.96 Å². The molecule has 0 aliphatic heterocycles. The van der Waals surface area contributed by atoms with Crippen LogP contribution in [0.5, 0.6) is 0 Å². The number of hydrogen-bond donors (Lipinski definition) is 3. The molecule has 0 saturated heterocycles. The quantitative estimate of drug-likeness (QED) is 0.550. The Kier molecular flexibility index (Phi) is 5.94. The second kappa shape index (κ2) is 7.23. The van der Waals surface area contributed by atoms with Crippen LogP contribution in [0.25, 0.3) is 0 Å². The van der Waals surface area contributed by atoms with Gasteiger partial charge >= 0.3 is 0 Å². The Morgan fingerprint density at radius 2 is 2.15 bits per heavy atom. The summed E-state index contributed by atoms with van der Waals surface area (Å²) in [7, 11) is 0. The molecule has 1 aromatic rings. The van der Waals surface area contributed by atoms with Gasteiger partial charge in [-0.3, -0.25) is 0 Å². The smallest absolute Gasteiger partial charge is 0.255 e. The number of halogens is 2. The van der Waals surface area contributed by atoms with Gasteiger partial charge in [0.15, 0.2) is 5.96 Å². The molecule has 0 bridgehead atoms. The molecule has 0 spiro atoms. The Balaban J connectivity index is 2.69. The summed E-state index contributed by atoms with van der Waals surface area (Å²) < 4.78 is 29.7. The van der Waals surface area contributed by atoms with Gasteiger partial charge in [0, 0.05) is 6.54 Å². The van der Waals surface area contributed by atoms with Crippen LogP contribution in [-0.2, 0) is 5.60 Å². The zero-order valence-electron chi connectivity index (χ0n) is 11.9. The average molecular weight is 289 g/mol. The molecule has 1 rings (SSSR count). The van der Waals surface area contributed by atoms with Gasteiger partial charge in [-0.2, -0.15) is 0 Å². The number of rotatable bonds is 6. The molecule has 0 aromatic carbocycles. The van der Waals surface area contributed by atoms with Gasteiger partial charge in [0.05, 0.1) is 13.1 Å². The van der Waals surface area contributed by atoms with Gasteiger partial charge in [0.1, 0.15) is 17.1 Å². The van der Waals surface area contributed by atoms with Crippen LogP contribution < -0.4 is 10.6 Å². The van der Waals surface area contributed by atoms with Gasteiger partial charge in [0.2, 0.25) is 0 Å². The number of aryl methyl sites for hydroxylation is 1. The predicted molar refractivity (Wildman–Crippen MR) is 73.0 cm³/mol. The summed E-state index contributed by atoms with van der Waals surface area (Å²) >= 11 is 0. The summed E-state index contributed by atoms with van der Waals surface area (Å²) in [6.07, 6.45) is -2.47. The van der Waals surface area contributed by atoms with Gasteiger partial charge in [0.25, 0.3) is 6.43 Å². The van der Waals surface area contributed by atoms with Gasteiger partial charge in [-0.25, -0.2) is 13.8 Å². The summed E-state index contributed by atoms with van der Waals surface area (Å²) in [6, 6.07) is 3.41. The maximum atomic E-state index is 12.2. The number of furan rings is 1. The van der Waals surface area contributed by atoms with E-state index in [1.807, 2.05) is 6.92 Å². The Morgan fingerprint density at radius 3 is 2.65 bits per heavy atom. The van der Waals surface area contributed by atoms with E-state index in [1.165, 1.54) is 0 Å². The molecule has 1 aromatic heterocycles. The van der Waals surface area contributed by atoms with Crippen molar-refractivity contribution < 1.29 is 18.3 Å². The van der Waals surface area contributed by atoms with Crippen LogP contribution >= 0.6 is 0 Å². The fraction of sp³-hybridized carbons (Fsp3) is 0.615. The maximum Gasteiger partial charge on any atom is 0.255 e. The van der Waals surface area contributed by atoms with Gasteiger partial charge in [-0.1, -0.05) is 0 Å². The van der Waals surface area contributed by atoms with Crippen molar-refractivity contribution in [3.8, 4) is 0 Å². The van der Waals surface area contributed by atoms with Gasteiger partial charge < -0.3 is 20.2 Å². The van der Waals surface area contributed by atoms with Crippen molar-refractivity contribution in [3.05, 3.63) is 23.7 Å². The number of guanidine groups is 1. The lowest BCUT2D eigenvalue weighted by molar-refractivity contribution is 0.0428. The second-order valence-corrected chi connectivity index (χ2v) is 4.65. The van der Waals surface area contributed by atoms with Crippen molar-refractivity contribution in [2.45, 2.75) is 32.8 Å². The van der Waals surface area contributed by atoms with E-state index in [0.29, 0.717) is 18.1 Å². The first kappa shape index (κ1) is 16.4. The summed E-state index contributed by atoms with van der Waals surface area (Å²) in [5.41, 5.74) is -1.29. The Morgan fingerprint density at radius 1 is 1.45 bits per heavy atom. The standard InChI is InChI=1S/C13H21F2N3O2/c1-4-16-12(17-7-11(14)15)18-8-13(3,19)10-6-5-9(2)20-10/h5-6,11,19H,4,7-8H2,1-3H3,(H2,16,17,18).